The van der Waals surface area contributed by atoms with Crippen molar-refractivity contribution < 1.29 is 9.53 Å². The summed E-state index contributed by atoms with van der Waals surface area (Å²) in [5.41, 5.74) is 0.974. The molecule has 0 radical (unpaired) electrons. The summed E-state index contributed by atoms with van der Waals surface area (Å²) >= 11 is 1.51. The lowest BCUT2D eigenvalue weighted by molar-refractivity contribution is 0.0564. The molecule has 0 aliphatic carbocycles. The van der Waals surface area contributed by atoms with E-state index in [1.165, 1.54) is 11.3 Å². The number of anilines is 1. The van der Waals surface area contributed by atoms with E-state index in [0.717, 1.165) is 10.6 Å². The van der Waals surface area contributed by atoms with Crippen molar-refractivity contribution in [3.8, 4) is 0 Å². The van der Waals surface area contributed by atoms with Crippen molar-refractivity contribution in [1.82, 2.24) is 9.88 Å². The zero-order valence-corrected chi connectivity index (χ0v) is 10.3. The number of aryl methyl sites for hydroxylation is 2. The van der Waals surface area contributed by atoms with E-state index in [9.17, 15) is 4.79 Å². The largest absolute Gasteiger partial charge is 0.378 e. The molecular weight excluding hydrogens is 226 g/mol. The highest BCUT2D eigenvalue weighted by Gasteiger charge is 2.17. The molecule has 1 fully saturated rings. The van der Waals surface area contributed by atoms with E-state index < -0.39 is 0 Å². The number of nitrogens with zero attached hydrogens (tertiary/aromatic N) is 2. The van der Waals surface area contributed by atoms with Gasteiger partial charge >= 0.3 is 6.03 Å². The number of carbonyl (C=O) groups excluding carboxylic acids is 1. The first kappa shape index (κ1) is 11.3. The lowest BCUT2D eigenvalue weighted by atomic mass is 10.4. The Kier molecular flexibility index (Phi) is 3.40. The van der Waals surface area contributed by atoms with Gasteiger partial charge in [-0.1, -0.05) is 0 Å². The third-order valence-corrected chi connectivity index (χ3v) is 3.53. The monoisotopic (exact) mass is 241 g/mol. The minimum atomic E-state index is -0.0861. The number of aromatic nitrogens is 1. The van der Waals surface area contributed by atoms with Crippen molar-refractivity contribution in [3.63, 3.8) is 0 Å². The number of carbonyl (C=O) groups is 1. The highest BCUT2D eigenvalue weighted by molar-refractivity contribution is 7.15. The molecule has 2 amide bonds. The zero-order valence-electron chi connectivity index (χ0n) is 9.45. The highest BCUT2D eigenvalue weighted by Crippen LogP contribution is 2.21. The number of nitrogens with one attached hydrogen (secondary N) is 1. The van der Waals surface area contributed by atoms with Crippen molar-refractivity contribution in [2.75, 3.05) is 31.6 Å². The van der Waals surface area contributed by atoms with Crippen LogP contribution in [0.5, 0.6) is 0 Å². The third-order valence-electron chi connectivity index (χ3n) is 2.54. The van der Waals surface area contributed by atoms with Gasteiger partial charge in [0.1, 0.15) is 0 Å². The first-order valence-corrected chi connectivity index (χ1v) is 6.06. The first-order chi connectivity index (χ1) is 7.66. The number of thiazole rings is 1. The minimum Gasteiger partial charge on any atom is -0.378 e. The predicted molar refractivity (Wildman–Crippen MR) is 63.0 cm³/mol. The maximum Gasteiger partial charge on any atom is 0.323 e. The number of hydrogen-bond donors (Lipinski definition) is 1. The molecule has 0 unspecified atom stereocenters. The van der Waals surface area contributed by atoms with Gasteiger partial charge in [-0.3, -0.25) is 5.32 Å². The lowest BCUT2D eigenvalue weighted by Gasteiger charge is -2.26. The highest BCUT2D eigenvalue weighted by atomic mass is 32.1. The molecule has 0 atom stereocenters. The molecule has 16 heavy (non-hydrogen) atoms. The van der Waals surface area contributed by atoms with Crippen LogP contribution in [0.4, 0.5) is 9.93 Å². The molecule has 0 aromatic carbocycles. The summed E-state index contributed by atoms with van der Waals surface area (Å²) in [4.78, 5) is 19.0. The van der Waals surface area contributed by atoms with Gasteiger partial charge in [0.05, 0.1) is 18.9 Å². The first-order valence-electron chi connectivity index (χ1n) is 5.24. The second-order valence-electron chi connectivity index (χ2n) is 3.69. The van der Waals surface area contributed by atoms with E-state index in [1.807, 2.05) is 13.8 Å². The van der Waals surface area contributed by atoms with Crippen molar-refractivity contribution in [3.05, 3.63) is 10.6 Å². The summed E-state index contributed by atoms with van der Waals surface area (Å²) in [6.07, 6.45) is 0. The predicted octanol–water partition coefficient (Wildman–Crippen LogP) is 1.62. The van der Waals surface area contributed by atoms with Gasteiger partial charge in [-0.15, -0.1) is 11.3 Å². The Hall–Kier alpha value is -1.14. The maximum atomic E-state index is 11.8. The van der Waals surface area contributed by atoms with Crippen LogP contribution in [0.25, 0.3) is 0 Å². The van der Waals surface area contributed by atoms with Crippen LogP contribution < -0.4 is 5.32 Å². The Morgan fingerprint density at radius 3 is 2.69 bits per heavy atom. The average molecular weight is 241 g/mol. The molecule has 2 rings (SSSR count). The summed E-state index contributed by atoms with van der Waals surface area (Å²) < 4.78 is 5.19. The van der Waals surface area contributed by atoms with Crippen LogP contribution in [0.15, 0.2) is 0 Å². The Morgan fingerprint density at radius 1 is 1.44 bits per heavy atom. The van der Waals surface area contributed by atoms with Gasteiger partial charge in [0.2, 0.25) is 0 Å². The number of morpholine rings is 1. The molecule has 0 saturated carbocycles. The number of hydrogen-bond acceptors (Lipinski definition) is 4. The van der Waals surface area contributed by atoms with Gasteiger partial charge in [-0.25, -0.2) is 9.78 Å². The SMILES string of the molecule is Cc1nc(NC(=O)N2CCOCC2)sc1C. The molecule has 1 aliphatic heterocycles. The molecule has 6 heteroatoms. The molecule has 1 aliphatic rings. The Labute approximate surface area is 98.4 Å². The fourth-order valence-corrected chi connectivity index (χ4v) is 2.27. The normalized spacial score (nSPS) is 16.2. The van der Waals surface area contributed by atoms with Gasteiger partial charge < -0.3 is 9.64 Å². The quantitative estimate of drug-likeness (QED) is 0.813. The summed E-state index contributed by atoms with van der Waals surface area (Å²) in [6, 6.07) is -0.0861. The standard InChI is InChI=1S/C10H15N3O2S/c1-7-8(2)16-9(11-7)12-10(14)13-3-5-15-6-4-13/h3-6H2,1-2H3,(H,11,12,14). The van der Waals surface area contributed by atoms with Gasteiger partial charge in [0.15, 0.2) is 5.13 Å². The molecule has 0 spiro atoms. The number of rotatable bonds is 1. The van der Waals surface area contributed by atoms with Crippen LogP contribution in [-0.2, 0) is 4.74 Å². The van der Waals surface area contributed by atoms with Crippen molar-refractivity contribution in [2.45, 2.75) is 13.8 Å². The van der Waals surface area contributed by atoms with Crippen LogP contribution in [0.3, 0.4) is 0 Å². The van der Waals surface area contributed by atoms with E-state index in [1.54, 1.807) is 4.90 Å². The summed E-state index contributed by atoms with van der Waals surface area (Å²) in [5, 5.41) is 3.48. The van der Waals surface area contributed by atoms with E-state index >= 15 is 0 Å². The second kappa shape index (κ2) is 4.80. The summed E-state index contributed by atoms with van der Waals surface area (Å²) in [6.45, 7) is 6.46. The molecule has 1 N–H and O–H groups in total. The molecule has 1 aromatic rings. The molecular formula is C10H15N3O2S. The minimum absolute atomic E-state index is 0.0861. The van der Waals surface area contributed by atoms with Crippen LogP contribution in [0.2, 0.25) is 0 Å². The fraction of sp³-hybridized carbons (Fsp3) is 0.600. The van der Waals surface area contributed by atoms with Gasteiger partial charge in [-0.05, 0) is 13.8 Å². The number of ether oxygens (including phenoxy) is 1. The Morgan fingerprint density at radius 2 is 2.12 bits per heavy atom. The Bertz CT molecular complexity index is 366. The van der Waals surface area contributed by atoms with E-state index in [-0.39, 0.29) is 6.03 Å². The summed E-state index contributed by atoms with van der Waals surface area (Å²) in [5.74, 6) is 0. The maximum absolute atomic E-state index is 11.8. The van der Waals surface area contributed by atoms with E-state index in [4.69, 9.17) is 4.74 Å². The van der Waals surface area contributed by atoms with Crippen molar-refractivity contribution in [1.29, 1.82) is 0 Å². The topological polar surface area (TPSA) is 54.5 Å². The number of amides is 2. The molecule has 1 saturated heterocycles. The van der Waals surface area contributed by atoms with Gasteiger partial charge in [-0.2, -0.15) is 0 Å². The zero-order chi connectivity index (χ0) is 11.5. The van der Waals surface area contributed by atoms with Crippen molar-refractivity contribution in [2.24, 2.45) is 0 Å². The molecule has 5 nitrogen and oxygen atoms in total. The van der Waals surface area contributed by atoms with Gasteiger partial charge in [0, 0.05) is 18.0 Å². The smallest absolute Gasteiger partial charge is 0.323 e. The Balaban J connectivity index is 1.95. The van der Waals surface area contributed by atoms with E-state index in [2.05, 4.69) is 10.3 Å². The van der Waals surface area contributed by atoms with Crippen LogP contribution >= 0.6 is 11.3 Å². The fourth-order valence-electron chi connectivity index (χ4n) is 1.46. The van der Waals surface area contributed by atoms with E-state index in [0.29, 0.717) is 31.4 Å². The molecule has 1 aromatic heterocycles. The second-order valence-corrected chi connectivity index (χ2v) is 4.89. The molecule has 88 valence electrons. The molecule has 2 heterocycles. The average Bonchev–Trinajstić information content (AvgIpc) is 2.59. The van der Waals surface area contributed by atoms with Gasteiger partial charge in [0.25, 0.3) is 0 Å². The van der Waals surface area contributed by atoms with Crippen LogP contribution in [-0.4, -0.2) is 42.2 Å². The van der Waals surface area contributed by atoms with Crippen molar-refractivity contribution >= 4 is 22.5 Å². The lowest BCUT2D eigenvalue weighted by Crippen LogP contribution is -2.43. The molecule has 0 bridgehead atoms. The third kappa shape index (κ3) is 2.51. The number of urea groups is 1. The van der Waals surface area contributed by atoms with Crippen LogP contribution in [0.1, 0.15) is 10.6 Å². The van der Waals surface area contributed by atoms with Crippen LogP contribution in [0, 0.1) is 13.8 Å². The summed E-state index contributed by atoms with van der Waals surface area (Å²) in [7, 11) is 0.